The quantitative estimate of drug-likeness (QED) is 0.419. The molecule has 0 fully saturated rings. The van der Waals surface area contributed by atoms with Crippen molar-refractivity contribution in [3.63, 3.8) is 0 Å². The molecule has 0 radical (unpaired) electrons. The zero-order valence-corrected chi connectivity index (χ0v) is 16.3. The molecule has 1 N–H and O–H groups in total. The summed E-state index contributed by atoms with van der Waals surface area (Å²) in [6.07, 6.45) is 0. The predicted octanol–water partition coefficient (Wildman–Crippen LogP) is 5.88. The van der Waals surface area contributed by atoms with Crippen LogP contribution < -0.4 is 5.32 Å². The fourth-order valence-electron chi connectivity index (χ4n) is 2.56. The first-order valence-corrected chi connectivity index (χ1v) is 9.78. The first kappa shape index (κ1) is 19.2. The monoisotopic (exact) mass is 395 g/mol. The number of halogens is 1. The van der Waals surface area contributed by atoms with Gasteiger partial charge in [-0.15, -0.1) is 11.8 Å². The third-order valence-electron chi connectivity index (χ3n) is 4.02. The van der Waals surface area contributed by atoms with Crippen LogP contribution in [0.3, 0.4) is 0 Å². The van der Waals surface area contributed by atoms with E-state index in [9.17, 15) is 9.59 Å². The Morgan fingerprint density at radius 1 is 0.963 bits per heavy atom. The second kappa shape index (κ2) is 8.89. The van der Waals surface area contributed by atoms with Crippen LogP contribution in [0.4, 0.5) is 5.69 Å². The standard InChI is InChI=1S/C22H18ClNO2S/c1-15-5-2-3-8-20(15)22(26)24-18-6-4-7-19(13-18)27-14-21(25)16-9-11-17(23)12-10-16/h2-13H,14H2,1H3,(H,24,26). The molecule has 0 heterocycles. The minimum atomic E-state index is -0.146. The summed E-state index contributed by atoms with van der Waals surface area (Å²) in [5, 5.41) is 3.52. The molecule has 3 nitrogen and oxygen atoms in total. The van der Waals surface area contributed by atoms with Gasteiger partial charge >= 0.3 is 0 Å². The van der Waals surface area contributed by atoms with E-state index in [0.717, 1.165) is 10.5 Å². The molecule has 27 heavy (non-hydrogen) atoms. The molecule has 3 rings (SSSR count). The van der Waals surface area contributed by atoms with Crippen molar-refractivity contribution in [3.05, 3.63) is 94.5 Å². The van der Waals surface area contributed by atoms with Gasteiger partial charge in [-0.2, -0.15) is 0 Å². The van der Waals surface area contributed by atoms with Crippen molar-refractivity contribution in [1.82, 2.24) is 0 Å². The van der Waals surface area contributed by atoms with E-state index in [0.29, 0.717) is 27.6 Å². The van der Waals surface area contributed by atoms with E-state index in [-0.39, 0.29) is 11.7 Å². The minimum Gasteiger partial charge on any atom is -0.322 e. The fourth-order valence-corrected chi connectivity index (χ4v) is 3.53. The Balaban J connectivity index is 1.63. The second-order valence-electron chi connectivity index (χ2n) is 6.02. The second-order valence-corrected chi connectivity index (χ2v) is 7.50. The number of ketones is 1. The molecule has 3 aromatic rings. The third-order valence-corrected chi connectivity index (χ3v) is 5.26. The summed E-state index contributed by atoms with van der Waals surface area (Å²) in [6, 6.07) is 21.8. The number of carbonyl (C=O) groups is 2. The maximum absolute atomic E-state index is 12.4. The normalized spacial score (nSPS) is 10.4. The van der Waals surface area contributed by atoms with Gasteiger partial charge < -0.3 is 5.32 Å². The molecule has 5 heteroatoms. The maximum Gasteiger partial charge on any atom is 0.255 e. The van der Waals surface area contributed by atoms with Crippen molar-refractivity contribution < 1.29 is 9.59 Å². The Labute approximate surface area is 167 Å². The number of aryl methyl sites for hydroxylation is 1. The highest BCUT2D eigenvalue weighted by Crippen LogP contribution is 2.23. The summed E-state index contributed by atoms with van der Waals surface area (Å²) in [4.78, 5) is 25.6. The molecule has 0 saturated heterocycles. The average molecular weight is 396 g/mol. The van der Waals surface area contributed by atoms with Crippen LogP contribution in [0, 0.1) is 6.92 Å². The van der Waals surface area contributed by atoms with Crippen LogP contribution >= 0.6 is 23.4 Å². The predicted molar refractivity (Wildman–Crippen MR) is 112 cm³/mol. The fraction of sp³-hybridized carbons (Fsp3) is 0.0909. The molecule has 0 aliphatic rings. The van der Waals surface area contributed by atoms with E-state index in [1.54, 1.807) is 30.3 Å². The number of thioether (sulfide) groups is 1. The van der Waals surface area contributed by atoms with E-state index < -0.39 is 0 Å². The van der Waals surface area contributed by atoms with Crippen LogP contribution in [0.1, 0.15) is 26.3 Å². The Bertz CT molecular complexity index is 970. The van der Waals surface area contributed by atoms with E-state index >= 15 is 0 Å². The van der Waals surface area contributed by atoms with Crippen molar-refractivity contribution in [2.24, 2.45) is 0 Å². The van der Waals surface area contributed by atoms with Crippen molar-refractivity contribution in [1.29, 1.82) is 0 Å². The molecule has 0 saturated carbocycles. The number of Topliss-reactive ketones (excluding diaryl/α,β-unsaturated/α-hetero) is 1. The van der Waals surface area contributed by atoms with E-state index in [1.807, 2.05) is 49.4 Å². The first-order chi connectivity index (χ1) is 13.0. The lowest BCUT2D eigenvalue weighted by Gasteiger charge is -2.09. The third kappa shape index (κ3) is 5.22. The number of hydrogen-bond acceptors (Lipinski definition) is 3. The van der Waals surface area contributed by atoms with Crippen molar-refractivity contribution in [2.45, 2.75) is 11.8 Å². The van der Waals surface area contributed by atoms with E-state index in [1.165, 1.54) is 11.8 Å². The van der Waals surface area contributed by atoms with Gasteiger partial charge in [-0.1, -0.05) is 35.9 Å². The molecule has 136 valence electrons. The van der Waals surface area contributed by atoms with Gasteiger partial charge in [0.15, 0.2) is 5.78 Å². The summed E-state index contributed by atoms with van der Waals surface area (Å²) in [5.74, 6) is 0.204. The molecule has 0 bridgehead atoms. The van der Waals surface area contributed by atoms with Gasteiger partial charge in [-0.05, 0) is 61.0 Å². The molecular weight excluding hydrogens is 378 g/mol. The van der Waals surface area contributed by atoms with Gasteiger partial charge in [0, 0.05) is 26.7 Å². The van der Waals surface area contributed by atoms with Crippen LogP contribution in [0.15, 0.2) is 77.7 Å². The zero-order chi connectivity index (χ0) is 19.2. The minimum absolute atomic E-state index is 0.0333. The molecule has 3 aromatic carbocycles. The van der Waals surface area contributed by atoms with E-state index in [2.05, 4.69) is 5.32 Å². The van der Waals surface area contributed by atoms with Crippen LogP contribution in [0.5, 0.6) is 0 Å². The van der Waals surface area contributed by atoms with Crippen LogP contribution in [-0.4, -0.2) is 17.4 Å². The van der Waals surface area contributed by atoms with E-state index in [4.69, 9.17) is 11.6 Å². The Kier molecular flexibility index (Phi) is 6.32. The molecular formula is C22H18ClNO2S. The van der Waals surface area contributed by atoms with Gasteiger partial charge in [0.1, 0.15) is 0 Å². The SMILES string of the molecule is Cc1ccccc1C(=O)Nc1cccc(SCC(=O)c2ccc(Cl)cc2)c1. The molecule has 0 spiro atoms. The molecule has 0 aromatic heterocycles. The summed E-state index contributed by atoms with van der Waals surface area (Å²) >= 11 is 7.29. The first-order valence-electron chi connectivity index (χ1n) is 8.41. The zero-order valence-electron chi connectivity index (χ0n) is 14.7. The lowest BCUT2D eigenvalue weighted by atomic mass is 10.1. The summed E-state index contributed by atoms with van der Waals surface area (Å²) < 4.78 is 0. The number of amides is 1. The number of hydrogen-bond donors (Lipinski definition) is 1. The van der Waals surface area contributed by atoms with Gasteiger partial charge in [0.2, 0.25) is 0 Å². The number of anilines is 1. The van der Waals surface area contributed by atoms with Crippen molar-refractivity contribution in [2.75, 3.05) is 11.1 Å². The topological polar surface area (TPSA) is 46.2 Å². The van der Waals surface area contributed by atoms with Crippen LogP contribution in [0.2, 0.25) is 5.02 Å². The molecule has 1 amide bonds. The van der Waals surface area contributed by atoms with Crippen LogP contribution in [-0.2, 0) is 0 Å². The lowest BCUT2D eigenvalue weighted by molar-refractivity contribution is 0.101. The van der Waals surface area contributed by atoms with Gasteiger partial charge in [-0.25, -0.2) is 0 Å². The number of nitrogens with one attached hydrogen (secondary N) is 1. The number of rotatable bonds is 6. The van der Waals surface area contributed by atoms with Crippen LogP contribution in [0.25, 0.3) is 0 Å². The maximum atomic E-state index is 12.4. The number of benzene rings is 3. The van der Waals surface area contributed by atoms with Crippen molar-refractivity contribution in [3.8, 4) is 0 Å². The Morgan fingerprint density at radius 3 is 2.44 bits per heavy atom. The summed E-state index contributed by atoms with van der Waals surface area (Å²) in [7, 11) is 0. The van der Waals surface area contributed by atoms with Gasteiger partial charge in [-0.3, -0.25) is 9.59 Å². The number of carbonyl (C=O) groups excluding carboxylic acids is 2. The average Bonchev–Trinajstić information content (AvgIpc) is 2.67. The van der Waals surface area contributed by atoms with Gasteiger partial charge in [0.05, 0.1) is 5.75 Å². The Hall–Kier alpha value is -2.56. The molecule has 0 aliphatic heterocycles. The van der Waals surface area contributed by atoms with Gasteiger partial charge in [0.25, 0.3) is 5.91 Å². The smallest absolute Gasteiger partial charge is 0.255 e. The Morgan fingerprint density at radius 2 is 1.70 bits per heavy atom. The lowest BCUT2D eigenvalue weighted by Crippen LogP contribution is -2.13. The molecule has 0 aliphatic carbocycles. The highest BCUT2D eigenvalue weighted by molar-refractivity contribution is 8.00. The summed E-state index contributed by atoms with van der Waals surface area (Å²) in [5.41, 5.74) is 2.91. The largest absolute Gasteiger partial charge is 0.322 e. The highest BCUT2D eigenvalue weighted by atomic mass is 35.5. The summed E-state index contributed by atoms with van der Waals surface area (Å²) in [6.45, 7) is 1.91. The molecule has 0 atom stereocenters. The van der Waals surface area contributed by atoms with Crippen molar-refractivity contribution >= 4 is 40.7 Å². The highest BCUT2D eigenvalue weighted by Gasteiger charge is 2.10. The molecule has 0 unspecified atom stereocenters.